The highest BCUT2D eigenvalue weighted by molar-refractivity contribution is 5.71. The smallest absolute Gasteiger partial charge is 0.306 e. The van der Waals surface area contributed by atoms with E-state index in [1.54, 1.807) is 0 Å². The molecule has 308 valence electrons. The van der Waals surface area contributed by atoms with Crippen molar-refractivity contribution < 1.29 is 28.6 Å². The van der Waals surface area contributed by atoms with Gasteiger partial charge in [-0.3, -0.25) is 14.4 Å². The van der Waals surface area contributed by atoms with Gasteiger partial charge in [0.15, 0.2) is 6.10 Å². The molecule has 0 aliphatic heterocycles. The van der Waals surface area contributed by atoms with Crippen molar-refractivity contribution in [3.8, 4) is 0 Å². The first kappa shape index (κ1) is 50.4. The van der Waals surface area contributed by atoms with E-state index in [1.165, 1.54) is 148 Å². The Bertz CT molecular complexity index is 783. The molecule has 52 heavy (non-hydrogen) atoms. The van der Waals surface area contributed by atoms with Crippen LogP contribution in [0, 0.1) is 5.92 Å². The normalized spacial score (nSPS) is 12.5. The van der Waals surface area contributed by atoms with Crippen LogP contribution in [-0.4, -0.2) is 37.2 Å². The second kappa shape index (κ2) is 40.6. The van der Waals surface area contributed by atoms with E-state index in [-0.39, 0.29) is 31.1 Å². The van der Waals surface area contributed by atoms with Gasteiger partial charge in [0, 0.05) is 19.3 Å². The molecule has 0 aromatic rings. The van der Waals surface area contributed by atoms with E-state index in [4.69, 9.17) is 14.2 Å². The third-order valence-corrected chi connectivity index (χ3v) is 10.7. The Morgan fingerprint density at radius 2 is 0.673 bits per heavy atom. The molecule has 0 amide bonds. The molecule has 0 spiro atoms. The average Bonchev–Trinajstić information content (AvgIpc) is 3.14. The zero-order valence-corrected chi connectivity index (χ0v) is 35.3. The van der Waals surface area contributed by atoms with Crippen molar-refractivity contribution in [1.82, 2.24) is 0 Å². The molecule has 0 N–H and O–H groups in total. The van der Waals surface area contributed by atoms with E-state index >= 15 is 0 Å². The molecule has 0 aliphatic rings. The Labute approximate surface area is 323 Å². The minimum absolute atomic E-state index is 0.0647. The summed E-state index contributed by atoms with van der Waals surface area (Å²) in [5.41, 5.74) is 0. The fourth-order valence-electron chi connectivity index (χ4n) is 6.77. The number of carbonyl (C=O) groups is 3. The quantitative estimate of drug-likeness (QED) is 0.0353. The lowest BCUT2D eigenvalue weighted by molar-refractivity contribution is -0.167. The molecular weight excluding hydrogens is 648 g/mol. The Morgan fingerprint density at radius 3 is 1.00 bits per heavy atom. The maximum atomic E-state index is 12.7. The van der Waals surface area contributed by atoms with Crippen LogP contribution in [0.15, 0.2) is 0 Å². The molecule has 0 radical (unpaired) electrons. The summed E-state index contributed by atoms with van der Waals surface area (Å²) in [6.07, 6.45) is 39.4. The Kier molecular flexibility index (Phi) is 39.4. The first-order valence-corrected chi connectivity index (χ1v) is 22.9. The summed E-state index contributed by atoms with van der Waals surface area (Å²) in [5, 5.41) is 0. The number of esters is 3. The third-order valence-electron chi connectivity index (χ3n) is 10.7. The second-order valence-corrected chi connectivity index (χ2v) is 15.9. The van der Waals surface area contributed by atoms with Crippen LogP contribution >= 0.6 is 0 Å². The van der Waals surface area contributed by atoms with E-state index in [0.29, 0.717) is 19.3 Å². The highest BCUT2D eigenvalue weighted by Crippen LogP contribution is 2.17. The first-order valence-electron chi connectivity index (χ1n) is 22.9. The Morgan fingerprint density at radius 1 is 0.385 bits per heavy atom. The van der Waals surface area contributed by atoms with E-state index < -0.39 is 6.10 Å². The van der Waals surface area contributed by atoms with E-state index in [9.17, 15) is 14.4 Å². The maximum absolute atomic E-state index is 12.7. The molecular formula is C46H88O6. The van der Waals surface area contributed by atoms with Crippen LogP contribution in [0.5, 0.6) is 0 Å². The maximum Gasteiger partial charge on any atom is 0.306 e. The number of ether oxygens (including phenoxy) is 3. The molecule has 0 saturated heterocycles. The number of unbranched alkanes of at least 4 members (excludes halogenated alkanes) is 27. The minimum Gasteiger partial charge on any atom is -0.462 e. The SMILES string of the molecule is CCCCCCCCCCCCCCCCCC(=O)O[C@@H](COC(=O)CCCCCCCCCCC)COC(=O)CCCCCCCCC(C)CC. The Balaban J connectivity index is 4.31. The first-order chi connectivity index (χ1) is 25.4. The molecule has 0 saturated carbocycles. The van der Waals surface area contributed by atoms with Crippen LogP contribution in [0.3, 0.4) is 0 Å². The predicted molar refractivity (Wildman–Crippen MR) is 220 cm³/mol. The molecule has 0 bridgehead atoms. The van der Waals surface area contributed by atoms with Crippen LogP contribution in [0.4, 0.5) is 0 Å². The van der Waals surface area contributed by atoms with Gasteiger partial charge >= 0.3 is 17.9 Å². The van der Waals surface area contributed by atoms with Crippen LogP contribution in [-0.2, 0) is 28.6 Å². The van der Waals surface area contributed by atoms with Crippen molar-refractivity contribution in [1.29, 1.82) is 0 Å². The lowest BCUT2D eigenvalue weighted by Crippen LogP contribution is -2.30. The largest absolute Gasteiger partial charge is 0.462 e. The number of carbonyl (C=O) groups excluding carboxylic acids is 3. The summed E-state index contributed by atoms with van der Waals surface area (Å²) in [7, 11) is 0. The van der Waals surface area contributed by atoms with Gasteiger partial charge in [0.2, 0.25) is 0 Å². The zero-order valence-electron chi connectivity index (χ0n) is 35.3. The summed E-state index contributed by atoms with van der Waals surface area (Å²) in [4.78, 5) is 37.6. The standard InChI is InChI=1S/C46H88O6/c1-5-8-10-12-14-16-17-18-19-20-21-23-25-31-35-39-46(49)52-43(40-50-44(47)37-33-29-24-22-15-13-11-9-6-2)41-51-45(48)38-34-30-27-26-28-32-36-42(4)7-3/h42-43H,5-41H2,1-4H3/t42?,43-/m0/s1. The van der Waals surface area contributed by atoms with Crippen LogP contribution in [0.2, 0.25) is 0 Å². The highest BCUT2D eigenvalue weighted by Gasteiger charge is 2.19. The van der Waals surface area contributed by atoms with E-state index in [0.717, 1.165) is 63.7 Å². The third kappa shape index (κ3) is 38.1. The van der Waals surface area contributed by atoms with Gasteiger partial charge in [-0.15, -0.1) is 0 Å². The van der Waals surface area contributed by atoms with E-state index in [2.05, 4.69) is 27.7 Å². The highest BCUT2D eigenvalue weighted by atomic mass is 16.6. The fraction of sp³-hybridized carbons (Fsp3) is 0.935. The molecule has 1 unspecified atom stereocenters. The molecule has 0 aliphatic carbocycles. The number of hydrogen-bond donors (Lipinski definition) is 0. The lowest BCUT2D eigenvalue weighted by Gasteiger charge is -2.18. The number of rotatable bonds is 41. The zero-order chi connectivity index (χ0) is 38.2. The summed E-state index contributed by atoms with van der Waals surface area (Å²) < 4.78 is 16.7. The lowest BCUT2D eigenvalue weighted by atomic mass is 10.00. The van der Waals surface area contributed by atoms with Crippen molar-refractivity contribution in [2.75, 3.05) is 13.2 Å². The van der Waals surface area contributed by atoms with Gasteiger partial charge in [0.05, 0.1) is 0 Å². The molecule has 0 aromatic heterocycles. The fourth-order valence-corrected chi connectivity index (χ4v) is 6.77. The summed E-state index contributed by atoms with van der Waals surface area (Å²) >= 11 is 0. The van der Waals surface area contributed by atoms with Gasteiger partial charge < -0.3 is 14.2 Å². The molecule has 6 heteroatoms. The van der Waals surface area contributed by atoms with Crippen molar-refractivity contribution in [2.24, 2.45) is 5.92 Å². The van der Waals surface area contributed by atoms with Gasteiger partial charge in [0.25, 0.3) is 0 Å². The summed E-state index contributed by atoms with van der Waals surface area (Å²) in [6.45, 7) is 8.95. The van der Waals surface area contributed by atoms with Crippen LogP contribution < -0.4 is 0 Å². The van der Waals surface area contributed by atoms with Gasteiger partial charge in [-0.2, -0.15) is 0 Å². The van der Waals surface area contributed by atoms with Crippen molar-refractivity contribution >= 4 is 17.9 Å². The summed E-state index contributed by atoms with van der Waals surface area (Å²) in [5.74, 6) is -0.0442. The molecule has 0 rings (SSSR count). The summed E-state index contributed by atoms with van der Waals surface area (Å²) in [6, 6.07) is 0. The number of hydrogen-bond acceptors (Lipinski definition) is 6. The van der Waals surface area contributed by atoms with Crippen molar-refractivity contribution in [3.63, 3.8) is 0 Å². The topological polar surface area (TPSA) is 78.9 Å². The van der Waals surface area contributed by atoms with Gasteiger partial charge in [-0.1, -0.05) is 214 Å². The molecule has 2 atom stereocenters. The predicted octanol–water partition coefficient (Wildman–Crippen LogP) is 14.3. The van der Waals surface area contributed by atoms with Crippen molar-refractivity contribution in [2.45, 2.75) is 259 Å². The second-order valence-electron chi connectivity index (χ2n) is 15.9. The van der Waals surface area contributed by atoms with Crippen molar-refractivity contribution in [3.05, 3.63) is 0 Å². The molecule has 0 fully saturated rings. The Hall–Kier alpha value is -1.59. The molecule has 0 heterocycles. The average molecular weight is 737 g/mol. The monoisotopic (exact) mass is 737 g/mol. The van der Waals surface area contributed by atoms with Gasteiger partial charge in [-0.25, -0.2) is 0 Å². The van der Waals surface area contributed by atoms with Crippen LogP contribution in [0.1, 0.15) is 252 Å². The molecule has 0 aromatic carbocycles. The molecule has 6 nitrogen and oxygen atoms in total. The van der Waals surface area contributed by atoms with E-state index in [1.807, 2.05) is 0 Å². The minimum atomic E-state index is -0.759. The van der Waals surface area contributed by atoms with Crippen LogP contribution in [0.25, 0.3) is 0 Å². The van der Waals surface area contributed by atoms with Gasteiger partial charge in [-0.05, 0) is 25.2 Å². The van der Waals surface area contributed by atoms with Gasteiger partial charge in [0.1, 0.15) is 13.2 Å².